The Morgan fingerprint density at radius 2 is 2.17 bits per heavy atom. The molecule has 18 heavy (non-hydrogen) atoms. The lowest BCUT2D eigenvalue weighted by atomic mass is 10.2. The molecule has 1 heterocycles. The fourth-order valence-corrected chi connectivity index (χ4v) is 2.27. The Kier molecular flexibility index (Phi) is 3.99. The second kappa shape index (κ2) is 5.69. The molecule has 0 spiro atoms. The van der Waals surface area contributed by atoms with Crippen LogP contribution in [0, 0.1) is 6.92 Å². The topological polar surface area (TPSA) is 34.7 Å². The zero-order chi connectivity index (χ0) is 13.0. The number of aryl methyl sites for hydroxylation is 1. The molecular weight excluding hydrogens is 242 g/mol. The number of aliphatic imine (C=N–C) groups is 1. The molecule has 0 saturated carbocycles. The molecule has 2 aromatic rings. The van der Waals surface area contributed by atoms with E-state index in [1.54, 1.807) is 12.5 Å². The maximum Gasteiger partial charge on any atom is 1.00 e. The lowest BCUT2D eigenvalue weighted by molar-refractivity contribution is 0.560. The molecule has 94 valence electrons. The predicted molar refractivity (Wildman–Crippen MR) is 77.8 cm³/mol. The van der Waals surface area contributed by atoms with E-state index in [9.17, 15) is 0 Å². The van der Waals surface area contributed by atoms with Crippen LogP contribution in [0.3, 0.4) is 0 Å². The molecule has 0 aliphatic heterocycles. The van der Waals surface area contributed by atoms with E-state index in [0.29, 0.717) is 0 Å². The van der Waals surface area contributed by atoms with Gasteiger partial charge in [0.15, 0.2) is 0 Å². The summed E-state index contributed by atoms with van der Waals surface area (Å²) in [6.45, 7) is 6.33. The van der Waals surface area contributed by atoms with E-state index in [1.165, 1.54) is 5.56 Å². The number of hydrogen-bond acceptors (Lipinski definition) is 3. The molecule has 2 rings (SSSR count). The normalized spacial score (nSPS) is 11.3. The molecule has 0 N–H and O–H groups in total. The fourth-order valence-electron chi connectivity index (χ4n) is 1.57. The molecule has 0 bridgehead atoms. The third-order valence-electron chi connectivity index (χ3n) is 2.35. The number of rotatable bonds is 4. The van der Waals surface area contributed by atoms with Crippen LogP contribution in [0.25, 0.3) is 0 Å². The monoisotopic (exact) mass is 260 g/mol. The van der Waals surface area contributed by atoms with Crippen LogP contribution < -0.4 is 4.43 Å². The van der Waals surface area contributed by atoms with E-state index in [4.69, 9.17) is 8.84 Å². The van der Waals surface area contributed by atoms with Crippen LogP contribution >= 0.6 is 0 Å². The first-order valence-corrected chi connectivity index (χ1v) is 8.78. The lowest BCUT2D eigenvalue weighted by Gasteiger charge is -2.12. The quantitative estimate of drug-likeness (QED) is 0.619. The van der Waals surface area contributed by atoms with Crippen LogP contribution in [0.4, 0.5) is 5.69 Å². The Morgan fingerprint density at radius 3 is 2.78 bits per heavy atom. The summed E-state index contributed by atoms with van der Waals surface area (Å²) in [5.74, 6) is 1.60. The summed E-state index contributed by atoms with van der Waals surface area (Å²) in [6.07, 6.45) is 3.34. The second-order valence-electron chi connectivity index (χ2n) is 4.41. The molecule has 0 fully saturated rings. The number of nitrogens with zero attached hydrogens (tertiary/aromatic N) is 1. The SMILES string of the molecule is Cc1ccc(N=Cc2ccco2)c(O[SiH](C)C)c1.[H+]. The van der Waals surface area contributed by atoms with Crippen LogP contribution in [0.1, 0.15) is 12.8 Å². The molecule has 1 aromatic carbocycles. The molecule has 0 radical (unpaired) electrons. The summed E-state index contributed by atoms with van der Waals surface area (Å²) in [5.41, 5.74) is 2.02. The average molecular weight is 260 g/mol. The van der Waals surface area contributed by atoms with Crippen molar-refractivity contribution in [2.75, 3.05) is 0 Å². The van der Waals surface area contributed by atoms with Crippen molar-refractivity contribution in [3.8, 4) is 5.75 Å². The van der Waals surface area contributed by atoms with Crippen molar-refractivity contribution in [1.29, 1.82) is 0 Å². The van der Waals surface area contributed by atoms with Crippen LogP contribution in [0.15, 0.2) is 46.0 Å². The highest BCUT2D eigenvalue weighted by Gasteiger charge is 2.05. The van der Waals surface area contributed by atoms with Crippen molar-refractivity contribution in [3.63, 3.8) is 0 Å². The second-order valence-corrected chi connectivity index (χ2v) is 6.74. The molecule has 3 nitrogen and oxygen atoms in total. The van der Waals surface area contributed by atoms with Crippen molar-refractivity contribution < 1.29 is 10.3 Å². The largest absolute Gasteiger partial charge is 1.00 e. The number of hydrogen-bond donors (Lipinski definition) is 0. The minimum atomic E-state index is -1.13. The van der Waals surface area contributed by atoms with Gasteiger partial charge in [-0.05, 0) is 49.8 Å². The lowest BCUT2D eigenvalue weighted by Crippen LogP contribution is -2.11. The molecule has 0 saturated heterocycles. The van der Waals surface area contributed by atoms with Crippen molar-refractivity contribution in [2.45, 2.75) is 20.0 Å². The molecular formula is C14H18NO2Si+. The van der Waals surface area contributed by atoms with Crippen LogP contribution in [-0.2, 0) is 0 Å². The van der Waals surface area contributed by atoms with Gasteiger partial charge in [-0.2, -0.15) is 0 Å². The highest BCUT2D eigenvalue weighted by Crippen LogP contribution is 2.29. The smallest absolute Gasteiger partial charge is 0.546 e. The van der Waals surface area contributed by atoms with Gasteiger partial charge in [0, 0.05) is 0 Å². The van der Waals surface area contributed by atoms with Gasteiger partial charge in [0.05, 0.1) is 12.5 Å². The van der Waals surface area contributed by atoms with Crippen molar-refractivity contribution in [3.05, 3.63) is 47.9 Å². The van der Waals surface area contributed by atoms with Crippen molar-refractivity contribution >= 4 is 20.9 Å². The molecule has 0 unspecified atom stereocenters. The summed E-state index contributed by atoms with van der Waals surface area (Å²) in [5, 5.41) is 0. The molecule has 1 aromatic heterocycles. The molecule has 4 heteroatoms. The van der Waals surface area contributed by atoms with E-state index >= 15 is 0 Å². The summed E-state index contributed by atoms with van der Waals surface area (Å²) < 4.78 is 11.1. The summed E-state index contributed by atoms with van der Waals surface area (Å²) >= 11 is 0. The van der Waals surface area contributed by atoms with Gasteiger partial charge in [-0.15, -0.1) is 0 Å². The number of furan rings is 1. The summed E-state index contributed by atoms with van der Waals surface area (Å²) in [6, 6.07) is 9.75. The molecule has 0 aliphatic carbocycles. The third-order valence-corrected chi connectivity index (χ3v) is 3.08. The Balaban J connectivity index is 0.00000180. The molecule has 0 atom stereocenters. The summed E-state index contributed by atoms with van der Waals surface area (Å²) in [7, 11) is -1.13. The van der Waals surface area contributed by atoms with Gasteiger partial charge < -0.3 is 8.84 Å². The number of benzene rings is 1. The fraction of sp³-hybridized carbons (Fsp3) is 0.214. The van der Waals surface area contributed by atoms with E-state index in [1.807, 2.05) is 30.3 Å². The van der Waals surface area contributed by atoms with Crippen LogP contribution in [-0.4, -0.2) is 15.3 Å². The van der Waals surface area contributed by atoms with Gasteiger partial charge in [0.25, 0.3) is 0 Å². The Morgan fingerprint density at radius 1 is 1.33 bits per heavy atom. The van der Waals surface area contributed by atoms with Crippen molar-refractivity contribution in [1.82, 2.24) is 0 Å². The van der Waals surface area contributed by atoms with Crippen LogP contribution in [0.5, 0.6) is 5.75 Å². The van der Waals surface area contributed by atoms with Gasteiger partial charge in [-0.1, -0.05) is 6.07 Å². The Labute approximate surface area is 110 Å². The first-order valence-electron chi connectivity index (χ1n) is 6.00. The van der Waals surface area contributed by atoms with E-state index < -0.39 is 9.04 Å². The average Bonchev–Trinajstić information content (AvgIpc) is 2.80. The van der Waals surface area contributed by atoms with Gasteiger partial charge >= 0.3 is 1.43 Å². The minimum absolute atomic E-state index is 0. The van der Waals surface area contributed by atoms with E-state index in [2.05, 4.69) is 25.0 Å². The predicted octanol–water partition coefficient (Wildman–Crippen LogP) is 3.81. The summed E-state index contributed by atoms with van der Waals surface area (Å²) in [4.78, 5) is 4.42. The zero-order valence-corrected chi connectivity index (χ0v) is 12.0. The zero-order valence-electron chi connectivity index (χ0n) is 11.9. The maximum absolute atomic E-state index is 5.89. The van der Waals surface area contributed by atoms with Gasteiger partial charge in [-0.3, -0.25) is 0 Å². The van der Waals surface area contributed by atoms with E-state index in [0.717, 1.165) is 17.2 Å². The highest BCUT2D eigenvalue weighted by molar-refractivity contribution is 6.49. The molecule has 0 aliphatic rings. The van der Waals surface area contributed by atoms with Gasteiger partial charge in [0.1, 0.15) is 17.2 Å². The van der Waals surface area contributed by atoms with Gasteiger partial charge in [0.2, 0.25) is 9.04 Å². The van der Waals surface area contributed by atoms with Gasteiger partial charge in [-0.25, -0.2) is 4.99 Å². The maximum atomic E-state index is 5.89. The Hall–Kier alpha value is -1.81. The van der Waals surface area contributed by atoms with Crippen molar-refractivity contribution in [2.24, 2.45) is 4.99 Å². The van der Waals surface area contributed by atoms with E-state index in [-0.39, 0.29) is 1.43 Å². The highest BCUT2D eigenvalue weighted by atomic mass is 28.3. The first-order chi connectivity index (χ1) is 8.65. The Bertz CT molecular complexity index is 538. The van der Waals surface area contributed by atoms with Crippen LogP contribution in [0.2, 0.25) is 13.1 Å². The standard InChI is InChI=1S/C14H17NO2Si/c1-11-6-7-13(14(9-11)17-18(2)3)15-10-12-5-4-8-16-12/h4-10,18H,1-3H3/p+1. The third kappa shape index (κ3) is 3.34. The molecule has 0 amide bonds. The minimum Gasteiger partial charge on any atom is -0.546 e. The first kappa shape index (κ1) is 12.6.